The van der Waals surface area contributed by atoms with E-state index in [1.165, 1.54) is 18.2 Å². The number of hydrogen-bond donors (Lipinski definition) is 1. The molecule has 1 N–H and O–H groups in total. The van der Waals surface area contributed by atoms with Crippen LogP contribution in [0.5, 0.6) is 0 Å². The summed E-state index contributed by atoms with van der Waals surface area (Å²) in [5.74, 6) is -1.01. The van der Waals surface area contributed by atoms with Crippen molar-refractivity contribution in [3.05, 3.63) is 64.5 Å². The number of rotatable bonds is 2. The molecule has 2 aromatic rings. The van der Waals surface area contributed by atoms with Gasteiger partial charge in [-0.3, -0.25) is 4.79 Å². The van der Waals surface area contributed by atoms with Crippen molar-refractivity contribution in [1.29, 1.82) is 5.26 Å². The lowest BCUT2D eigenvalue weighted by Crippen LogP contribution is -2.13. The van der Waals surface area contributed by atoms with E-state index in [0.717, 1.165) is 11.1 Å². The number of nitriles is 1. The molecule has 3 nitrogen and oxygen atoms in total. The Morgan fingerprint density at radius 3 is 2.45 bits per heavy atom. The van der Waals surface area contributed by atoms with E-state index >= 15 is 0 Å². The Morgan fingerprint density at radius 1 is 1.20 bits per heavy atom. The summed E-state index contributed by atoms with van der Waals surface area (Å²) in [5.41, 5.74) is 2.43. The molecule has 0 saturated carbocycles. The molecule has 0 aromatic heterocycles. The standard InChI is InChI=1S/C16H13FN2O/c1-10-6-11(2)8-12(7-10)16(20)19-15-5-3-4-14(17)13(15)9-18/h3-8H,1-2H3,(H,19,20). The van der Waals surface area contributed by atoms with E-state index in [2.05, 4.69) is 5.32 Å². The number of nitrogens with zero attached hydrogens (tertiary/aromatic N) is 1. The first-order valence-electron chi connectivity index (χ1n) is 6.09. The lowest BCUT2D eigenvalue weighted by atomic mass is 10.1. The number of amides is 1. The van der Waals surface area contributed by atoms with Crippen molar-refractivity contribution < 1.29 is 9.18 Å². The van der Waals surface area contributed by atoms with Crippen molar-refractivity contribution in [3.8, 4) is 6.07 Å². The van der Waals surface area contributed by atoms with Gasteiger partial charge in [-0.15, -0.1) is 0 Å². The highest BCUT2D eigenvalue weighted by atomic mass is 19.1. The van der Waals surface area contributed by atoms with Crippen LogP contribution in [-0.2, 0) is 0 Å². The molecule has 0 fully saturated rings. The van der Waals surface area contributed by atoms with Crippen molar-refractivity contribution in [2.24, 2.45) is 0 Å². The van der Waals surface area contributed by atoms with E-state index in [9.17, 15) is 9.18 Å². The van der Waals surface area contributed by atoms with Gasteiger partial charge in [-0.05, 0) is 38.1 Å². The average Bonchev–Trinajstić information content (AvgIpc) is 2.37. The molecule has 0 aliphatic carbocycles. The molecule has 0 spiro atoms. The Morgan fingerprint density at radius 2 is 1.85 bits per heavy atom. The predicted molar refractivity (Wildman–Crippen MR) is 75.0 cm³/mol. The van der Waals surface area contributed by atoms with Gasteiger partial charge in [0.1, 0.15) is 17.4 Å². The molecule has 2 aromatic carbocycles. The highest BCUT2D eigenvalue weighted by molar-refractivity contribution is 6.05. The van der Waals surface area contributed by atoms with E-state index in [-0.39, 0.29) is 17.2 Å². The zero-order valence-electron chi connectivity index (χ0n) is 11.2. The number of carbonyl (C=O) groups is 1. The number of nitrogens with one attached hydrogen (secondary N) is 1. The van der Waals surface area contributed by atoms with E-state index in [1.807, 2.05) is 19.9 Å². The molecule has 0 radical (unpaired) electrons. The quantitative estimate of drug-likeness (QED) is 0.905. The van der Waals surface area contributed by atoms with Crippen LogP contribution in [-0.4, -0.2) is 5.91 Å². The van der Waals surface area contributed by atoms with Gasteiger partial charge in [-0.25, -0.2) is 4.39 Å². The van der Waals surface area contributed by atoms with Gasteiger partial charge in [-0.1, -0.05) is 23.3 Å². The Bertz CT molecular complexity index is 697. The van der Waals surface area contributed by atoms with Gasteiger partial charge in [0.05, 0.1) is 5.69 Å². The Labute approximate surface area is 116 Å². The number of halogens is 1. The fourth-order valence-corrected chi connectivity index (χ4v) is 2.04. The van der Waals surface area contributed by atoms with Gasteiger partial charge < -0.3 is 5.32 Å². The summed E-state index contributed by atoms with van der Waals surface area (Å²) in [4.78, 5) is 12.2. The van der Waals surface area contributed by atoms with E-state index in [4.69, 9.17) is 5.26 Å². The summed E-state index contributed by atoms with van der Waals surface area (Å²) in [6, 6.07) is 11.3. The van der Waals surface area contributed by atoms with Crippen LogP contribution >= 0.6 is 0 Å². The van der Waals surface area contributed by atoms with Crippen molar-refractivity contribution in [1.82, 2.24) is 0 Å². The average molecular weight is 268 g/mol. The van der Waals surface area contributed by atoms with Crippen LogP contribution in [0, 0.1) is 31.0 Å². The third-order valence-corrected chi connectivity index (χ3v) is 2.86. The van der Waals surface area contributed by atoms with Crippen LogP contribution in [0.3, 0.4) is 0 Å². The normalized spacial score (nSPS) is 9.90. The molecule has 1 amide bonds. The van der Waals surface area contributed by atoms with E-state index in [1.54, 1.807) is 18.2 Å². The number of carbonyl (C=O) groups excluding carboxylic acids is 1. The number of benzene rings is 2. The number of aryl methyl sites for hydroxylation is 2. The van der Waals surface area contributed by atoms with Crippen LogP contribution < -0.4 is 5.32 Å². The molecule has 0 aliphatic rings. The molecule has 0 aliphatic heterocycles. The minimum Gasteiger partial charge on any atom is -0.321 e. The van der Waals surface area contributed by atoms with Gasteiger partial charge in [0.15, 0.2) is 0 Å². The lowest BCUT2D eigenvalue weighted by Gasteiger charge is -2.09. The van der Waals surface area contributed by atoms with Gasteiger partial charge in [0.25, 0.3) is 5.91 Å². The fraction of sp³-hybridized carbons (Fsp3) is 0.125. The second-order valence-corrected chi connectivity index (χ2v) is 4.60. The third-order valence-electron chi connectivity index (χ3n) is 2.86. The van der Waals surface area contributed by atoms with Crippen LogP contribution in [0.1, 0.15) is 27.0 Å². The second-order valence-electron chi connectivity index (χ2n) is 4.60. The summed E-state index contributed by atoms with van der Waals surface area (Å²) in [6.45, 7) is 3.79. The number of anilines is 1. The molecule has 0 unspecified atom stereocenters. The first kappa shape index (κ1) is 13.8. The van der Waals surface area contributed by atoms with Gasteiger partial charge in [-0.2, -0.15) is 5.26 Å². The van der Waals surface area contributed by atoms with Gasteiger partial charge in [0.2, 0.25) is 0 Å². The van der Waals surface area contributed by atoms with Crippen molar-refractivity contribution >= 4 is 11.6 Å². The maximum atomic E-state index is 13.5. The molecule has 100 valence electrons. The highest BCUT2D eigenvalue weighted by Gasteiger charge is 2.12. The zero-order valence-corrected chi connectivity index (χ0v) is 11.2. The predicted octanol–water partition coefficient (Wildman–Crippen LogP) is 3.57. The molecule has 0 atom stereocenters. The van der Waals surface area contributed by atoms with Crippen molar-refractivity contribution in [2.45, 2.75) is 13.8 Å². The van der Waals surface area contributed by atoms with Crippen LogP contribution in [0.4, 0.5) is 10.1 Å². The Kier molecular flexibility index (Phi) is 3.81. The lowest BCUT2D eigenvalue weighted by molar-refractivity contribution is 0.102. The van der Waals surface area contributed by atoms with Crippen molar-refractivity contribution in [2.75, 3.05) is 5.32 Å². The third kappa shape index (κ3) is 2.83. The summed E-state index contributed by atoms with van der Waals surface area (Å²) >= 11 is 0. The SMILES string of the molecule is Cc1cc(C)cc(C(=O)Nc2cccc(F)c2C#N)c1. The first-order chi connectivity index (χ1) is 9.51. The molecular weight excluding hydrogens is 255 g/mol. The fourth-order valence-electron chi connectivity index (χ4n) is 2.04. The molecule has 2 rings (SSSR count). The van der Waals surface area contributed by atoms with Crippen molar-refractivity contribution in [3.63, 3.8) is 0 Å². The highest BCUT2D eigenvalue weighted by Crippen LogP contribution is 2.19. The molecule has 0 heterocycles. The minimum absolute atomic E-state index is 0.162. The monoisotopic (exact) mass is 268 g/mol. The Balaban J connectivity index is 2.33. The molecular formula is C16H13FN2O. The molecule has 0 bridgehead atoms. The molecule has 0 saturated heterocycles. The Hall–Kier alpha value is -2.67. The van der Waals surface area contributed by atoms with Crippen LogP contribution in [0.15, 0.2) is 36.4 Å². The largest absolute Gasteiger partial charge is 0.321 e. The topological polar surface area (TPSA) is 52.9 Å². The summed E-state index contributed by atoms with van der Waals surface area (Å²) in [5, 5.41) is 11.5. The first-order valence-corrected chi connectivity index (χ1v) is 6.09. The maximum absolute atomic E-state index is 13.5. The van der Waals surface area contributed by atoms with Gasteiger partial charge in [0, 0.05) is 5.56 Å². The van der Waals surface area contributed by atoms with Crippen LogP contribution in [0.2, 0.25) is 0 Å². The summed E-state index contributed by atoms with van der Waals surface area (Å²) in [6.07, 6.45) is 0. The second kappa shape index (κ2) is 5.54. The van der Waals surface area contributed by atoms with Gasteiger partial charge >= 0.3 is 0 Å². The number of hydrogen-bond acceptors (Lipinski definition) is 2. The smallest absolute Gasteiger partial charge is 0.255 e. The van der Waals surface area contributed by atoms with Crippen LogP contribution in [0.25, 0.3) is 0 Å². The van der Waals surface area contributed by atoms with E-state index < -0.39 is 5.82 Å². The molecule has 20 heavy (non-hydrogen) atoms. The zero-order chi connectivity index (χ0) is 14.7. The maximum Gasteiger partial charge on any atom is 0.255 e. The minimum atomic E-state index is -0.647. The molecule has 4 heteroatoms. The summed E-state index contributed by atoms with van der Waals surface area (Å²) in [7, 11) is 0. The summed E-state index contributed by atoms with van der Waals surface area (Å²) < 4.78 is 13.5. The van der Waals surface area contributed by atoms with E-state index in [0.29, 0.717) is 5.56 Å².